The summed E-state index contributed by atoms with van der Waals surface area (Å²) in [6.07, 6.45) is 0.439. The molecular weight excluding hydrogens is 472 g/mol. The van der Waals surface area contributed by atoms with Gasteiger partial charge in [-0.15, -0.1) is 0 Å². The van der Waals surface area contributed by atoms with Crippen molar-refractivity contribution in [3.8, 4) is 0 Å². The molecule has 0 spiro atoms. The molecule has 2 aromatic carbocycles. The Morgan fingerprint density at radius 3 is 1.03 bits per heavy atom. The standard InChI is InChI=1S/C21H30N2O8S2/c24-13-9-22(10-14-25)32(28,29)20-5-1-18(2-6-20)17-19-3-7-21(8-4-19)33(30,31)23(11-15-26)12-16-27/h1-8,24-27H,9-17H2. The van der Waals surface area contributed by atoms with Gasteiger partial charge in [-0.2, -0.15) is 8.61 Å². The number of hydrogen-bond acceptors (Lipinski definition) is 8. The Hall–Kier alpha value is -1.90. The third-order valence-electron chi connectivity index (χ3n) is 4.93. The molecule has 0 aliphatic heterocycles. The molecule has 33 heavy (non-hydrogen) atoms. The van der Waals surface area contributed by atoms with Crippen LogP contribution in [0.5, 0.6) is 0 Å². The highest BCUT2D eigenvalue weighted by Crippen LogP contribution is 2.20. The summed E-state index contributed by atoms with van der Waals surface area (Å²) in [7, 11) is -7.70. The largest absolute Gasteiger partial charge is 0.395 e. The average molecular weight is 503 g/mol. The smallest absolute Gasteiger partial charge is 0.243 e. The van der Waals surface area contributed by atoms with E-state index in [4.69, 9.17) is 20.4 Å². The molecule has 10 nitrogen and oxygen atoms in total. The Morgan fingerprint density at radius 1 is 0.515 bits per heavy atom. The van der Waals surface area contributed by atoms with Crippen LogP contribution in [0, 0.1) is 0 Å². The second-order valence-electron chi connectivity index (χ2n) is 7.17. The van der Waals surface area contributed by atoms with Crippen molar-refractivity contribution in [2.24, 2.45) is 0 Å². The maximum absolute atomic E-state index is 12.7. The minimum Gasteiger partial charge on any atom is -0.395 e. The van der Waals surface area contributed by atoms with Crippen molar-refractivity contribution in [3.05, 3.63) is 59.7 Å². The molecule has 12 heteroatoms. The van der Waals surface area contributed by atoms with Crippen LogP contribution in [0.4, 0.5) is 0 Å². The first kappa shape index (κ1) is 27.3. The Kier molecular flexibility index (Phi) is 10.4. The van der Waals surface area contributed by atoms with Gasteiger partial charge in [0.25, 0.3) is 0 Å². The van der Waals surface area contributed by atoms with Crippen LogP contribution < -0.4 is 0 Å². The fourth-order valence-electron chi connectivity index (χ4n) is 3.24. The summed E-state index contributed by atoms with van der Waals surface area (Å²) >= 11 is 0. The lowest BCUT2D eigenvalue weighted by molar-refractivity contribution is 0.217. The topological polar surface area (TPSA) is 156 Å². The van der Waals surface area contributed by atoms with Crippen LogP contribution >= 0.6 is 0 Å². The molecule has 0 saturated heterocycles. The van der Waals surface area contributed by atoms with Gasteiger partial charge < -0.3 is 20.4 Å². The second kappa shape index (κ2) is 12.5. The van der Waals surface area contributed by atoms with Crippen LogP contribution in [0.2, 0.25) is 0 Å². The number of sulfonamides is 2. The molecule has 184 valence electrons. The van der Waals surface area contributed by atoms with Crippen molar-refractivity contribution in [2.75, 3.05) is 52.6 Å². The maximum Gasteiger partial charge on any atom is 0.243 e. The minimum absolute atomic E-state index is 0.0439. The van der Waals surface area contributed by atoms with E-state index in [9.17, 15) is 16.8 Å². The number of hydrogen-bond donors (Lipinski definition) is 4. The van der Waals surface area contributed by atoms with Gasteiger partial charge in [-0.3, -0.25) is 0 Å². The lowest BCUT2D eigenvalue weighted by Gasteiger charge is -2.20. The monoisotopic (exact) mass is 502 g/mol. The molecule has 0 aliphatic rings. The molecule has 0 fully saturated rings. The number of aliphatic hydroxyl groups excluding tert-OH is 4. The van der Waals surface area contributed by atoms with Crippen LogP contribution in [0.25, 0.3) is 0 Å². The highest BCUT2D eigenvalue weighted by atomic mass is 32.2. The van der Waals surface area contributed by atoms with Gasteiger partial charge in [0, 0.05) is 26.2 Å². The van der Waals surface area contributed by atoms with E-state index in [1.165, 1.54) is 24.3 Å². The summed E-state index contributed by atoms with van der Waals surface area (Å²) in [4.78, 5) is 0.0879. The van der Waals surface area contributed by atoms with E-state index in [2.05, 4.69) is 0 Å². The molecule has 0 unspecified atom stereocenters. The SMILES string of the molecule is O=S(=O)(c1ccc(Cc2ccc(S(=O)(=O)N(CCO)CCO)cc2)cc1)N(CCO)CCO. The quantitative estimate of drug-likeness (QED) is 0.262. The maximum atomic E-state index is 12.7. The van der Waals surface area contributed by atoms with Crippen LogP contribution in [0.1, 0.15) is 11.1 Å². The Bertz CT molecular complexity index is 973. The Labute approximate surface area is 194 Å². The molecule has 0 heterocycles. The van der Waals surface area contributed by atoms with Crippen molar-refractivity contribution in [1.29, 1.82) is 0 Å². The van der Waals surface area contributed by atoms with Gasteiger partial charge in [-0.05, 0) is 41.8 Å². The van der Waals surface area contributed by atoms with Gasteiger partial charge in [-0.1, -0.05) is 24.3 Å². The zero-order valence-corrected chi connectivity index (χ0v) is 19.7. The molecule has 0 atom stereocenters. The third-order valence-corrected chi connectivity index (χ3v) is 8.75. The molecule has 2 rings (SSSR count). The highest BCUT2D eigenvalue weighted by molar-refractivity contribution is 7.89. The van der Waals surface area contributed by atoms with Gasteiger partial charge in [-0.25, -0.2) is 16.8 Å². The molecule has 0 bridgehead atoms. The van der Waals surface area contributed by atoms with E-state index in [0.717, 1.165) is 19.7 Å². The zero-order valence-electron chi connectivity index (χ0n) is 18.1. The normalized spacial score (nSPS) is 12.5. The number of nitrogens with zero attached hydrogens (tertiary/aromatic N) is 2. The zero-order chi connectivity index (χ0) is 24.5. The van der Waals surface area contributed by atoms with E-state index in [1.807, 2.05) is 0 Å². The summed E-state index contributed by atoms with van der Waals surface area (Å²) in [6, 6.07) is 12.4. The lowest BCUT2D eigenvalue weighted by Crippen LogP contribution is -2.35. The molecular formula is C21H30N2O8S2. The summed E-state index contributed by atoms with van der Waals surface area (Å²) in [5, 5.41) is 36.3. The van der Waals surface area contributed by atoms with Crippen LogP contribution in [-0.2, 0) is 26.5 Å². The van der Waals surface area contributed by atoms with E-state index in [-0.39, 0.29) is 62.4 Å². The average Bonchev–Trinajstić information content (AvgIpc) is 2.79. The number of rotatable bonds is 14. The van der Waals surface area contributed by atoms with Crippen molar-refractivity contribution >= 4 is 20.0 Å². The van der Waals surface area contributed by atoms with Gasteiger partial charge in [0.1, 0.15) is 0 Å². The van der Waals surface area contributed by atoms with Crippen molar-refractivity contribution in [2.45, 2.75) is 16.2 Å². The molecule has 0 aliphatic carbocycles. The van der Waals surface area contributed by atoms with Gasteiger partial charge >= 0.3 is 0 Å². The van der Waals surface area contributed by atoms with E-state index < -0.39 is 20.0 Å². The predicted octanol–water partition coefficient (Wildman–Crippen LogP) is -0.772. The van der Waals surface area contributed by atoms with Crippen molar-refractivity contribution in [1.82, 2.24) is 8.61 Å². The first-order valence-corrected chi connectivity index (χ1v) is 13.2. The van der Waals surface area contributed by atoms with Gasteiger partial charge in [0.2, 0.25) is 20.0 Å². The lowest BCUT2D eigenvalue weighted by atomic mass is 10.1. The van der Waals surface area contributed by atoms with Crippen LogP contribution in [0.3, 0.4) is 0 Å². The number of benzene rings is 2. The molecule has 0 saturated carbocycles. The van der Waals surface area contributed by atoms with Gasteiger partial charge in [0.15, 0.2) is 0 Å². The molecule has 0 amide bonds. The van der Waals surface area contributed by atoms with E-state index in [1.54, 1.807) is 24.3 Å². The van der Waals surface area contributed by atoms with Crippen molar-refractivity contribution in [3.63, 3.8) is 0 Å². The fourth-order valence-corrected chi connectivity index (χ4v) is 6.09. The minimum atomic E-state index is -3.85. The predicted molar refractivity (Wildman–Crippen MR) is 122 cm³/mol. The summed E-state index contributed by atoms with van der Waals surface area (Å²) in [5.41, 5.74) is 1.62. The molecule has 4 N–H and O–H groups in total. The third kappa shape index (κ3) is 7.04. The van der Waals surface area contributed by atoms with Crippen LogP contribution in [0.15, 0.2) is 58.3 Å². The second-order valence-corrected chi connectivity index (χ2v) is 11.0. The molecule has 2 aromatic rings. The summed E-state index contributed by atoms with van der Waals surface area (Å²) in [6.45, 7) is -1.91. The Balaban J connectivity index is 2.16. The van der Waals surface area contributed by atoms with E-state index >= 15 is 0 Å². The van der Waals surface area contributed by atoms with Gasteiger partial charge in [0.05, 0.1) is 36.2 Å². The summed E-state index contributed by atoms with van der Waals surface area (Å²) < 4.78 is 52.7. The van der Waals surface area contributed by atoms with Crippen LogP contribution in [-0.4, -0.2) is 98.5 Å². The highest BCUT2D eigenvalue weighted by Gasteiger charge is 2.24. The Morgan fingerprint density at radius 2 is 0.788 bits per heavy atom. The molecule has 0 radical (unpaired) electrons. The van der Waals surface area contributed by atoms with Crippen molar-refractivity contribution < 1.29 is 37.3 Å². The van der Waals surface area contributed by atoms with E-state index in [0.29, 0.717) is 6.42 Å². The summed E-state index contributed by atoms with van der Waals surface area (Å²) in [5.74, 6) is 0. The first-order valence-electron chi connectivity index (χ1n) is 10.3. The number of aliphatic hydroxyl groups is 4. The molecule has 0 aromatic heterocycles. The first-order chi connectivity index (χ1) is 15.7. The fraction of sp³-hybridized carbons (Fsp3) is 0.429.